The fourth-order valence-corrected chi connectivity index (χ4v) is 5.49. The number of aryl methyl sites for hydroxylation is 1. The van der Waals surface area contributed by atoms with Gasteiger partial charge in [-0.1, -0.05) is 42.0 Å². The first-order chi connectivity index (χ1) is 13.4. The van der Waals surface area contributed by atoms with Crippen molar-refractivity contribution in [2.24, 2.45) is 0 Å². The molecule has 0 amide bonds. The normalized spacial score (nSPS) is 12.5. The Hall–Kier alpha value is -1.90. The number of hydrogen-bond acceptors (Lipinski definition) is 5. The molecule has 1 unspecified atom stereocenters. The average Bonchev–Trinajstić information content (AvgIpc) is 2.65. The molecule has 0 aliphatic heterocycles. The van der Waals surface area contributed by atoms with Gasteiger partial charge in [-0.05, 0) is 67.2 Å². The Labute approximate surface area is 166 Å². The molecule has 0 saturated carbocycles. The van der Waals surface area contributed by atoms with Crippen LogP contribution in [0.4, 0.5) is 0 Å². The van der Waals surface area contributed by atoms with Crippen LogP contribution in [0.15, 0.2) is 72.8 Å². The Bertz CT molecular complexity index is 927. The van der Waals surface area contributed by atoms with Crippen LogP contribution in [-0.4, -0.2) is 14.7 Å². The maximum atomic E-state index is 10.9. The molecule has 0 spiro atoms. The third-order valence-corrected chi connectivity index (χ3v) is 7.04. The summed E-state index contributed by atoms with van der Waals surface area (Å²) >= 11 is 0. The maximum absolute atomic E-state index is 10.9. The summed E-state index contributed by atoms with van der Waals surface area (Å²) in [6.07, 6.45) is 0. The Morgan fingerprint density at radius 3 is 1.61 bits per heavy atom. The zero-order valence-electron chi connectivity index (χ0n) is 14.8. The van der Waals surface area contributed by atoms with E-state index in [2.05, 4.69) is 24.3 Å². The van der Waals surface area contributed by atoms with Gasteiger partial charge in [-0.3, -0.25) is 0 Å². The van der Waals surface area contributed by atoms with Gasteiger partial charge in [0.15, 0.2) is 5.75 Å². The SMILES string of the molecule is Cc1ccc([P@@](c2ccc(OP(O)O)cc2)c2ccc(O[P+](=O)O)cc2)cc1. The van der Waals surface area contributed by atoms with Crippen LogP contribution in [0.25, 0.3) is 0 Å². The minimum Gasteiger partial charge on any atom is -0.427 e. The summed E-state index contributed by atoms with van der Waals surface area (Å²) in [5.74, 6) is 0.712. The number of hydrogen-bond donors (Lipinski definition) is 3. The molecule has 0 aromatic heterocycles. The molecule has 0 heterocycles. The van der Waals surface area contributed by atoms with Gasteiger partial charge in [0.2, 0.25) is 0 Å². The molecular formula is C19H18O6P3+. The molecule has 3 aromatic rings. The van der Waals surface area contributed by atoms with Crippen molar-refractivity contribution in [2.45, 2.75) is 6.92 Å². The molecule has 3 rings (SSSR count). The van der Waals surface area contributed by atoms with Crippen molar-refractivity contribution in [3.05, 3.63) is 78.4 Å². The van der Waals surface area contributed by atoms with Gasteiger partial charge in [-0.2, -0.15) is 0 Å². The van der Waals surface area contributed by atoms with E-state index in [9.17, 15) is 4.57 Å². The fraction of sp³-hybridized carbons (Fsp3) is 0.0526. The second-order valence-corrected chi connectivity index (χ2v) is 9.40. The lowest BCUT2D eigenvalue weighted by Crippen LogP contribution is -2.20. The third kappa shape index (κ3) is 5.56. The fourth-order valence-electron chi connectivity index (χ4n) is 2.64. The molecule has 0 bridgehead atoms. The van der Waals surface area contributed by atoms with Gasteiger partial charge in [0.05, 0.1) is 0 Å². The molecule has 144 valence electrons. The maximum Gasteiger partial charge on any atom is 0.747 e. The monoisotopic (exact) mass is 435 g/mol. The molecule has 0 fully saturated rings. The van der Waals surface area contributed by atoms with Crippen molar-refractivity contribution < 1.29 is 28.3 Å². The molecule has 2 atom stereocenters. The van der Waals surface area contributed by atoms with Gasteiger partial charge in [-0.15, -0.1) is 4.89 Å². The van der Waals surface area contributed by atoms with E-state index in [1.165, 1.54) is 0 Å². The lowest BCUT2D eigenvalue weighted by atomic mass is 10.2. The van der Waals surface area contributed by atoms with Crippen molar-refractivity contribution in [1.29, 1.82) is 0 Å². The summed E-state index contributed by atoms with van der Waals surface area (Å²) < 4.78 is 20.6. The molecule has 0 aliphatic carbocycles. The van der Waals surface area contributed by atoms with Crippen LogP contribution < -0.4 is 25.0 Å². The second-order valence-electron chi connectivity index (χ2n) is 5.83. The lowest BCUT2D eigenvalue weighted by molar-refractivity contribution is 0.375. The van der Waals surface area contributed by atoms with Gasteiger partial charge in [-0.25, -0.2) is 4.52 Å². The van der Waals surface area contributed by atoms with Crippen LogP contribution in [-0.2, 0) is 4.57 Å². The molecule has 28 heavy (non-hydrogen) atoms. The number of benzene rings is 3. The van der Waals surface area contributed by atoms with Gasteiger partial charge in [0.1, 0.15) is 5.75 Å². The summed E-state index contributed by atoms with van der Waals surface area (Å²) in [4.78, 5) is 26.9. The van der Waals surface area contributed by atoms with E-state index in [-0.39, 0.29) is 0 Å². The largest absolute Gasteiger partial charge is 0.747 e. The van der Waals surface area contributed by atoms with E-state index in [0.717, 1.165) is 21.5 Å². The first-order valence-electron chi connectivity index (χ1n) is 8.19. The van der Waals surface area contributed by atoms with Crippen molar-refractivity contribution >= 4 is 40.7 Å². The minimum absolute atomic E-state index is 0.328. The van der Waals surface area contributed by atoms with Crippen LogP contribution in [0.5, 0.6) is 11.5 Å². The van der Waals surface area contributed by atoms with Crippen LogP contribution >= 0.6 is 24.8 Å². The summed E-state index contributed by atoms with van der Waals surface area (Å²) in [6.45, 7) is 2.03. The average molecular weight is 435 g/mol. The Kier molecular flexibility index (Phi) is 7.09. The highest BCUT2D eigenvalue weighted by molar-refractivity contribution is 7.79. The Morgan fingerprint density at radius 2 is 1.18 bits per heavy atom. The van der Waals surface area contributed by atoms with Gasteiger partial charge in [0.25, 0.3) is 0 Å². The second kappa shape index (κ2) is 9.54. The Morgan fingerprint density at radius 1 is 0.750 bits per heavy atom. The summed E-state index contributed by atoms with van der Waals surface area (Å²) in [5, 5.41) is 3.23. The molecular weight excluding hydrogens is 417 g/mol. The molecule has 0 radical (unpaired) electrons. The third-order valence-electron chi connectivity index (χ3n) is 3.85. The van der Waals surface area contributed by atoms with Crippen LogP contribution in [0, 0.1) is 6.92 Å². The summed E-state index contributed by atoms with van der Waals surface area (Å²) in [6, 6.07) is 22.6. The minimum atomic E-state index is -2.70. The predicted octanol–water partition coefficient (Wildman–Crippen LogP) is 3.37. The van der Waals surface area contributed by atoms with E-state index < -0.39 is 24.8 Å². The summed E-state index contributed by atoms with van der Waals surface area (Å²) in [7, 11) is -6.05. The molecule has 3 aromatic carbocycles. The van der Waals surface area contributed by atoms with E-state index >= 15 is 0 Å². The van der Waals surface area contributed by atoms with Gasteiger partial charge in [0, 0.05) is 4.57 Å². The Balaban J connectivity index is 1.98. The smallest absolute Gasteiger partial charge is 0.427 e. The van der Waals surface area contributed by atoms with Crippen LogP contribution in [0.2, 0.25) is 0 Å². The van der Waals surface area contributed by atoms with Crippen LogP contribution in [0.1, 0.15) is 5.56 Å². The van der Waals surface area contributed by atoms with Crippen molar-refractivity contribution in [3.8, 4) is 11.5 Å². The standard InChI is InChI=1S/C19H17O6P3/c1-14-2-8-17(9-3-14)26(18-10-4-15(5-11-18)24-27(20)21)19-12-6-16(7-13-19)25-28(22)23/h2-13,20-21H,1H3/p+1/t26-/m0/s1. The first kappa shape index (κ1) is 20.8. The van der Waals surface area contributed by atoms with Gasteiger partial charge >= 0.3 is 16.9 Å². The zero-order valence-corrected chi connectivity index (χ0v) is 17.5. The predicted molar refractivity (Wildman–Crippen MR) is 112 cm³/mol. The van der Waals surface area contributed by atoms with Gasteiger partial charge < -0.3 is 14.3 Å². The van der Waals surface area contributed by atoms with E-state index in [1.807, 2.05) is 31.2 Å². The molecule has 3 N–H and O–H groups in total. The highest BCUT2D eigenvalue weighted by atomic mass is 31.2. The van der Waals surface area contributed by atoms with Crippen molar-refractivity contribution in [2.75, 3.05) is 0 Å². The van der Waals surface area contributed by atoms with Crippen LogP contribution in [0.3, 0.4) is 0 Å². The van der Waals surface area contributed by atoms with Crippen molar-refractivity contribution in [1.82, 2.24) is 0 Å². The zero-order chi connectivity index (χ0) is 20.1. The van der Waals surface area contributed by atoms with Crippen molar-refractivity contribution in [3.63, 3.8) is 0 Å². The van der Waals surface area contributed by atoms with E-state index in [0.29, 0.717) is 11.5 Å². The molecule has 0 aliphatic rings. The summed E-state index contributed by atoms with van der Waals surface area (Å²) in [5.41, 5.74) is 1.16. The number of rotatable bonds is 7. The highest BCUT2D eigenvalue weighted by Gasteiger charge is 2.19. The topological polar surface area (TPSA) is 96.2 Å². The first-order valence-corrected chi connectivity index (χ1v) is 11.8. The van der Waals surface area contributed by atoms with E-state index in [4.69, 9.17) is 23.7 Å². The lowest BCUT2D eigenvalue weighted by Gasteiger charge is -2.20. The highest BCUT2D eigenvalue weighted by Crippen LogP contribution is 2.35. The molecule has 9 heteroatoms. The van der Waals surface area contributed by atoms with E-state index in [1.54, 1.807) is 24.3 Å². The quantitative estimate of drug-likeness (QED) is 0.493. The molecule has 6 nitrogen and oxygen atoms in total. The molecule has 0 saturated heterocycles.